The number of hydrogen-bond acceptors (Lipinski definition) is 4. The van der Waals surface area contributed by atoms with Crippen molar-refractivity contribution in [1.82, 2.24) is 14.8 Å². The van der Waals surface area contributed by atoms with Gasteiger partial charge in [0.2, 0.25) is 11.8 Å². The third kappa shape index (κ3) is 6.88. The van der Waals surface area contributed by atoms with Gasteiger partial charge in [-0.15, -0.1) is 0 Å². The van der Waals surface area contributed by atoms with Gasteiger partial charge in [-0.3, -0.25) is 9.59 Å². The zero-order chi connectivity index (χ0) is 25.3. The number of rotatable bonds is 14. The summed E-state index contributed by atoms with van der Waals surface area (Å²) in [5.41, 5.74) is 3.31. The number of methoxy groups -OCH3 is 1. The number of benzene rings is 2. The lowest BCUT2D eigenvalue weighted by Crippen LogP contribution is -2.44. The van der Waals surface area contributed by atoms with E-state index in [1.807, 2.05) is 54.4 Å². The van der Waals surface area contributed by atoms with Crippen LogP contribution in [0.25, 0.3) is 10.9 Å². The zero-order valence-corrected chi connectivity index (χ0v) is 21.4. The van der Waals surface area contributed by atoms with Crippen LogP contribution in [0.15, 0.2) is 54.7 Å². The molecular formula is C29H37N3O4. The molecule has 1 saturated carbocycles. The number of hydrogen-bond donors (Lipinski definition) is 1. The normalized spacial score (nSPS) is 13.1. The molecule has 0 aliphatic heterocycles. The van der Waals surface area contributed by atoms with Crippen LogP contribution in [0.4, 0.5) is 0 Å². The number of amides is 2. The third-order valence-electron chi connectivity index (χ3n) is 6.63. The first kappa shape index (κ1) is 25.8. The Morgan fingerprint density at radius 1 is 1.03 bits per heavy atom. The molecule has 0 radical (unpaired) electrons. The van der Waals surface area contributed by atoms with E-state index >= 15 is 0 Å². The van der Waals surface area contributed by atoms with Crippen LogP contribution in [0, 0.1) is 5.92 Å². The van der Waals surface area contributed by atoms with Crippen LogP contribution in [0.3, 0.4) is 0 Å². The number of ether oxygens (including phenoxy) is 2. The highest BCUT2D eigenvalue weighted by Crippen LogP contribution is 2.31. The van der Waals surface area contributed by atoms with E-state index in [-0.39, 0.29) is 24.3 Å². The molecule has 36 heavy (non-hydrogen) atoms. The lowest BCUT2D eigenvalue weighted by atomic mass is 10.1. The van der Waals surface area contributed by atoms with E-state index in [9.17, 15) is 9.59 Å². The van der Waals surface area contributed by atoms with E-state index in [0.717, 1.165) is 42.5 Å². The van der Waals surface area contributed by atoms with Crippen LogP contribution in [0.2, 0.25) is 0 Å². The number of carbonyl (C=O) groups is 2. The molecule has 1 aromatic heterocycles. The summed E-state index contributed by atoms with van der Waals surface area (Å²) in [5.74, 6) is 0.954. The molecule has 7 heteroatoms. The molecule has 1 aliphatic carbocycles. The van der Waals surface area contributed by atoms with Crippen LogP contribution in [-0.4, -0.2) is 66.6 Å². The zero-order valence-electron chi connectivity index (χ0n) is 21.4. The summed E-state index contributed by atoms with van der Waals surface area (Å²) in [5, 5.41) is 1.18. The molecule has 7 nitrogen and oxygen atoms in total. The van der Waals surface area contributed by atoms with Crippen LogP contribution in [0.5, 0.6) is 5.75 Å². The van der Waals surface area contributed by atoms with Gasteiger partial charge in [0.15, 0.2) is 0 Å². The van der Waals surface area contributed by atoms with Gasteiger partial charge in [0.1, 0.15) is 5.75 Å². The van der Waals surface area contributed by atoms with Gasteiger partial charge >= 0.3 is 0 Å². The molecule has 192 valence electrons. The highest BCUT2D eigenvalue weighted by molar-refractivity contribution is 5.87. The molecule has 0 atom stereocenters. The monoisotopic (exact) mass is 491 g/mol. The second kappa shape index (κ2) is 12.6. The van der Waals surface area contributed by atoms with Crippen LogP contribution >= 0.6 is 0 Å². The van der Waals surface area contributed by atoms with Crippen molar-refractivity contribution in [3.63, 3.8) is 0 Å². The summed E-state index contributed by atoms with van der Waals surface area (Å²) in [6.07, 6.45) is 5.32. The van der Waals surface area contributed by atoms with Crippen molar-refractivity contribution in [2.45, 2.75) is 39.2 Å². The Morgan fingerprint density at radius 3 is 2.53 bits per heavy atom. The Morgan fingerprint density at radius 2 is 1.81 bits per heavy atom. The molecule has 4 rings (SSSR count). The minimum Gasteiger partial charge on any atom is -0.494 e. The average Bonchev–Trinajstić information content (AvgIpc) is 3.67. The Balaban J connectivity index is 1.48. The molecule has 0 spiro atoms. The van der Waals surface area contributed by atoms with Crippen molar-refractivity contribution in [3.05, 3.63) is 65.9 Å². The highest BCUT2D eigenvalue weighted by Gasteiger charge is 2.34. The maximum Gasteiger partial charge on any atom is 0.242 e. The Labute approximate surface area is 213 Å². The number of H-pyrrole nitrogens is 1. The fraction of sp³-hybridized carbons (Fsp3) is 0.448. The largest absolute Gasteiger partial charge is 0.494 e. The molecule has 1 N–H and O–H groups in total. The average molecular weight is 492 g/mol. The smallest absolute Gasteiger partial charge is 0.242 e. The molecule has 2 aromatic carbocycles. The van der Waals surface area contributed by atoms with E-state index in [1.165, 1.54) is 10.9 Å². The molecular weight excluding hydrogens is 454 g/mol. The number of fused-ring (bicyclic) bond motifs is 1. The lowest BCUT2D eigenvalue weighted by molar-refractivity contribution is -0.141. The molecule has 3 aromatic rings. The van der Waals surface area contributed by atoms with E-state index < -0.39 is 0 Å². The summed E-state index contributed by atoms with van der Waals surface area (Å²) >= 11 is 0. The summed E-state index contributed by atoms with van der Waals surface area (Å²) in [4.78, 5) is 33.4. The summed E-state index contributed by atoms with van der Waals surface area (Å²) in [6.45, 7) is 4.83. The van der Waals surface area contributed by atoms with Crippen LogP contribution in [-0.2, 0) is 27.3 Å². The van der Waals surface area contributed by atoms with Gasteiger partial charge < -0.3 is 24.3 Å². The van der Waals surface area contributed by atoms with Gasteiger partial charge in [-0.25, -0.2) is 0 Å². The maximum absolute atomic E-state index is 13.6. The first-order chi connectivity index (χ1) is 17.6. The van der Waals surface area contributed by atoms with Crippen molar-refractivity contribution in [1.29, 1.82) is 0 Å². The standard InChI is InChI=1S/C29H37N3O4/c1-3-36-25-13-9-22(10-14-25)20-31(17-15-24-19-30-27-8-5-4-7-26(24)27)28(33)21-32(16-6-18-35-2)29(34)23-11-12-23/h4-5,7-10,13-14,19,23,30H,3,6,11-12,15-18,20-21H2,1-2H3. The third-order valence-corrected chi connectivity index (χ3v) is 6.63. The van der Waals surface area contributed by atoms with E-state index in [0.29, 0.717) is 32.8 Å². The quantitative estimate of drug-likeness (QED) is 0.339. The Bertz CT molecular complexity index is 1140. The fourth-order valence-corrected chi connectivity index (χ4v) is 4.48. The number of carbonyl (C=O) groups excluding carboxylic acids is 2. The first-order valence-electron chi connectivity index (χ1n) is 12.9. The maximum atomic E-state index is 13.6. The number of nitrogens with one attached hydrogen (secondary N) is 1. The minimum absolute atomic E-state index is 0.0323. The second-order valence-electron chi connectivity index (χ2n) is 9.38. The van der Waals surface area contributed by atoms with Gasteiger partial charge in [0, 0.05) is 56.4 Å². The predicted molar refractivity (Wildman–Crippen MR) is 141 cm³/mol. The van der Waals surface area contributed by atoms with Crippen LogP contribution in [0.1, 0.15) is 37.3 Å². The van der Waals surface area contributed by atoms with Crippen molar-refractivity contribution in [2.75, 3.05) is 40.0 Å². The molecule has 1 heterocycles. The number of para-hydroxylation sites is 1. The second-order valence-corrected chi connectivity index (χ2v) is 9.38. The van der Waals surface area contributed by atoms with Crippen LogP contribution < -0.4 is 4.74 Å². The lowest BCUT2D eigenvalue weighted by Gasteiger charge is -2.28. The molecule has 0 bridgehead atoms. The molecule has 0 unspecified atom stereocenters. The molecule has 1 fully saturated rings. The van der Waals surface area contributed by atoms with Gasteiger partial charge in [0.25, 0.3) is 0 Å². The number of nitrogens with zero attached hydrogens (tertiary/aromatic N) is 2. The van der Waals surface area contributed by atoms with Gasteiger partial charge in [-0.1, -0.05) is 30.3 Å². The summed E-state index contributed by atoms with van der Waals surface area (Å²) in [6, 6.07) is 16.1. The molecule has 0 saturated heterocycles. The highest BCUT2D eigenvalue weighted by atomic mass is 16.5. The van der Waals surface area contributed by atoms with Gasteiger partial charge in [-0.05, 0) is 61.9 Å². The Hall–Kier alpha value is -3.32. The SMILES string of the molecule is CCOc1ccc(CN(CCc2c[nH]c3ccccc23)C(=O)CN(CCCOC)C(=O)C2CC2)cc1. The van der Waals surface area contributed by atoms with Crippen molar-refractivity contribution in [2.24, 2.45) is 5.92 Å². The summed E-state index contributed by atoms with van der Waals surface area (Å²) in [7, 11) is 1.65. The molecule has 2 amide bonds. The van der Waals surface area contributed by atoms with E-state index in [2.05, 4.69) is 17.1 Å². The van der Waals surface area contributed by atoms with E-state index in [1.54, 1.807) is 12.0 Å². The summed E-state index contributed by atoms with van der Waals surface area (Å²) < 4.78 is 10.7. The topological polar surface area (TPSA) is 74.9 Å². The van der Waals surface area contributed by atoms with Crippen molar-refractivity contribution in [3.8, 4) is 5.75 Å². The Kier molecular flexibility index (Phi) is 9.01. The van der Waals surface area contributed by atoms with Crippen molar-refractivity contribution >= 4 is 22.7 Å². The first-order valence-corrected chi connectivity index (χ1v) is 12.9. The number of aromatic amines is 1. The molecule has 1 aliphatic rings. The number of aromatic nitrogens is 1. The minimum atomic E-state index is -0.0323. The van der Waals surface area contributed by atoms with E-state index in [4.69, 9.17) is 9.47 Å². The van der Waals surface area contributed by atoms with Gasteiger partial charge in [-0.2, -0.15) is 0 Å². The van der Waals surface area contributed by atoms with Crippen molar-refractivity contribution < 1.29 is 19.1 Å². The fourth-order valence-electron chi connectivity index (χ4n) is 4.48. The van der Waals surface area contributed by atoms with Gasteiger partial charge in [0.05, 0.1) is 13.2 Å². The predicted octanol–water partition coefficient (Wildman–Crippen LogP) is 4.41.